The van der Waals surface area contributed by atoms with Gasteiger partial charge in [-0.2, -0.15) is 0 Å². The van der Waals surface area contributed by atoms with Gasteiger partial charge in [0.05, 0.1) is 17.2 Å². The van der Waals surface area contributed by atoms with Gasteiger partial charge >= 0.3 is 0 Å². The zero-order valence-corrected chi connectivity index (χ0v) is 18.6. The third-order valence-corrected chi connectivity index (χ3v) is 6.09. The van der Waals surface area contributed by atoms with Crippen molar-refractivity contribution in [3.8, 4) is 0 Å². The van der Waals surface area contributed by atoms with Crippen molar-refractivity contribution in [2.45, 2.75) is 43.9 Å². The molecule has 1 unspecified atom stereocenters. The maximum absolute atomic E-state index is 14.0. The van der Waals surface area contributed by atoms with E-state index in [0.717, 1.165) is 51.9 Å². The normalized spacial score (nSPS) is 20.5. The molecule has 4 N–H and O–H groups in total. The zero-order chi connectivity index (χ0) is 19.7. The molecule has 4 heterocycles. The molecule has 0 spiro atoms. The van der Waals surface area contributed by atoms with E-state index < -0.39 is 5.82 Å². The fourth-order valence-corrected chi connectivity index (χ4v) is 4.36. The third-order valence-electron chi connectivity index (χ3n) is 6.09. The van der Waals surface area contributed by atoms with Gasteiger partial charge in [0.15, 0.2) is 0 Å². The molecule has 0 aromatic carbocycles. The molecule has 0 bridgehead atoms. The lowest BCUT2D eigenvalue weighted by molar-refractivity contribution is 0.0612. The summed E-state index contributed by atoms with van der Waals surface area (Å²) in [5.41, 5.74) is 13.2. The minimum atomic E-state index is -0.435. The molecule has 0 saturated carbocycles. The summed E-state index contributed by atoms with van der Waals surface area (Å²) in [4.78, 5) is 21.8. The first-order chi connectivity index (χ1) is 13.5. The highest BCUT2D eigenvalue weighted by molar-refractivity contribution is 5.85. The van der Waals surface area contributed by atoms with E-state index in [1.165, 1.54) is 18.3 Å². The molecule has 7 nitrogen and oxygen atoms in total. The van der Waals surface area contributed by atoms with E-state index in [1.807, 2.05) is 0 Å². The zero-order valence-electron chi connectivity index (χ0n) is 17.0. The van der Waals surface area contributed by atoms with Crippen LogP contribution in [0.25, 0.3) is 11.0 Å². The highest BCUT2D eigenvalue weighted by Gasteiger charge is 2.29. The molecular formula is C20H31Cl2FN6O. The maximum atomic E-state index is 14.0. The number of fused-ring (bicyclic) bond motifs is 1. The first kappa shape index (κ1) is 25.0. The summed E-state index contributed by atoms with van der Waals surface area (Å²) in [7, 11) is 0. The summed E-state index contributed by atoms with van der Waals surface area (Å²) in [6.07, 6.45) is 4.72. The molecule has 1 atom stereocenters. The fraction of sp³-hybridized carbons (Fsp3) is 0.600. The van der Waals surface area contributed by atoms with Gasteiger partial charge in [-0.3, -0.25) is 24.1 Å². The van der Waals surface area contributed by atoms with Crippen LogP contribution in [0.5, 0.6) is 0 Å². The quantitative estimate of drug-likeness (QED) is 0.721. The van der Waals surface area contributed by atoms with Crippen molar-refractivity contribution in [2.75, 3.05) is 32.7 Å². The number of hydrogen-bond donors (Lipinski definition) is 2. The number of aromatic nitrogens is 2. The Kier molecular flexibility index (Phi) is 9.02. The summed E-state index contributed by atoms with van der Waals surface area (Å²) in [5.74, 6) is -0.435. The molecule has 10 heteroatoms. The summed E-state index contributed by atoms with van der Waals surface area (Å²) in [6, 6.07) is 5.06. The molecule has 2 aromatic rings. The van der Waals surface area contributed by atoms with Gasteiger partial charge in [-0.05, 0) is 44.8 Å². The summed E-state index contributed by atoms with van der Waals surface area (Å²) in [5, 5.41) is 0. The minimum absolute atomic E-state index is 0. The Morgan fingerprint density at radius 1 is 1.03 bits per heavy atom. The topological polar surface area (TPSA) is 93.4 Å². The molecule has 2 saturated heterocycles. The lowest BCUT2D eigenvalue weighted by atomic mass is 10.0. The molecule has 2 aliphatic heterocycles. The number of nitrogens with zero attached hydrogens (tertiary/aromatic N) is 4. The van der Waals surface area contributed by atoms with Crippen LogP contribution in [0.4, 0.5) is 4.39 Å². The lowest BCUT2D eigenvalue weighted by Gasteiger charge is -2.41. The van der Waals surface area contributed by atoms with Gasteiger partial charge in [-0.25, -0.2) is 4.39 Å². The Morgan fingerprint density at radius 3 is 2.27 bits per heavy atom. The van der Waals surface area contributed by atoms with Gasteiger partial charge in [-0.15, -0.1) is 24.8 Å². The number of halogens is 3. The second kappa shape index (κ2) is 10.8. The van der Waals surface area contributed by atoms with Gasteiger partial charge in [0, 0.05) is 43.9 Å². The van der Waals surface area contributed by atoms with Gasteiger partial charge in [0.2, 0.25) is 0 Å². The Bertz CT molecular complexity index is 881. The van der Waals surface area contributed by atoms with Crippen LogP contribution >= 0.6 is 24.8 Å². The van der Waals surface area contributed by atoms with E-state index in [-0.39, 0.29) is 48.6 Å². The SMILES string of the molecule is Cl.Cl.NC1CCN(CC(N2CCC(N)CC2)n2c(=O)ccc3ncc(F)cc32)CC1. The standard InChI is InChI=1S/C20H29FN6O.2ClH/c21-14-11-18-17(24-12-14)1-2-20(28)27(18)19(26-9-5-16(23)6-10-26)13-25-7-3-15(22)4-8-25;;/h1-2,11-12,15-16,19H,3-10,13,22-23H2;2*1H. The van der Waals surface area contributed by atoms with Crippen molar-refractivity contribution in [1.82, 2.24) is 19.4 Å². The molecular weight excluding hydrogens is 430 g/mol. The van der Waals surface area contributed by atoms with Crippen LogP contribution in [-0.4, -0.2) is 64.2 Å². The van der Waals surface area contributed by atoms with Crippen LogP contribution in [-0.2, 0) is 0 Å². The number of nitrogens with two attached hydrogens (primary N) is 2. The lowest BCUT2D eigenvalue weighted by Crippen LogP contribution is -2.51. The van der Waals surface area contributed by atoms with Crippen LogP contribution in [0.2, 0.25) is 0 Å². The van der Waals surface area contributed by atoms with Crippen molar-refractivity contribution < 1.29 is 4.39 Å². The van der Waals surface area contributed by atoms with Gasteiger partial charge < -0.3 is 11.5 Å². The minimum Gasteiger partial charge on any atom is -0.328 e. The molecule has 4 rings (SSSR count). The number of rotatable bonds is 4. The molecule has 2 aliphatic rings. The molecule has 0 radical (unpaired) electrons. The Labute approximate surface area is 188 Å². The van der Waals surface area contributed by atoms with Crippen LogP contribution < -0.4 is 17.0 Å². The maximum Gasteiger partial charge on any atom is 0.252 e. The Hall–Kier alpha value is -1.29. The highest BCUT2D eigenvalue weighted by atomic mass is 35.5. The van der Waals surface area contributed by atoms with Crippen molar-refractivity contribution in [3.63, 3.8) is 0 Å². The van der Waals surface area contributed by atoms with Crippen LogP contribution in [0.15, 0.2) is 29.2 Å². The van der Waals surface area contributed by atoms with E-state index in [2.05, 4.69) is 14.8 Å². The molecule has 168 valence electrons. The third kappa shape index (κ3) is 5.49. The van der Waals surface area contributed by atoms with E-state index in [9.17, 15) is 9.18 Å². The van der Waals surface area contributed by atoms with Crippen LogP contribution in [0, 0.1) is 5.82 Å². The van der Waals surface area contributed by atoms with Crippen LogP contribution in [0.3, 0.4) is 0 Å². The van der Waals surface area contributed by atoms with Crippen molar-refractivity contribution >= 4 is 35.8 Å². The van der Waals surface area contributed by atoms with Gasteiger partial charge in [0.1, 0.15) is 12.0 Å². The second-order valence-corrected chi connectivity index (χ2v) is 8.09. The van der Waals surface area contributed by atoms with E-state index in [0.29, 0.717) is 17.6 Å². The van der Waals surface area contributed by atoms with E-state index >= 15 is 0 Å². The summed E-state index contributed by atoms with van der Waals surface area (Å²) < 4.78 is 15.7. The summed E-state index contributed by atoms with van der Waals surface area (Å²) >= 11 is 0. The van der Waals surface area contributed by atoms with E-state index in [4.69, 9.17) is 11.5 Å². The average molecular weight is 461 g/mol. The number of pyridine rings is 2. The smallest absolute Gasteiger partial charge is 0.252 e. The van der Waals surface area contributed by atoms with Crippen LogP contribution in [0.1, 0.15) is 31.8 Å². The number of hydrogen-bond acceptors (Lipinski definition) is 6. The molecule has 2 fully saturated rings. The second-order valence-electron chi connectivity index (χ2n) is 8.09. The van der Waals surface area contributed by atoms with Crippen molar-refractivity contribution in [3.05, 3.63) is 40.6 Å². The fourth-order valence-electron chi connectivity index (χ4n) is 4.36. The number of likely N-dealkylation sites (tertiary alicyclic amines) is 2. The molecule has 30 heavy (non-hydrogen) atoms. The number of piperidine rings is 2. The van der Waals surface area contributed by atoms with E-state index in [1.54, 1.807) is 10.6 Å². The highest BCUT2D eigenvalue weighted by Crippen LogP contribution is 2.24. The average Bonchev–Trinajstić information content (AvgIpc) is 2.69. The summed E-state index contributed by atoms with van der Waals surface area (Å²) in [6.45, 7) is 4.18. The first-order valence-corrected chi connectivity index (χ1v) is 10.2. The molecule has 2 aromatic heterocycles. The largest absolute Gasteiger partial charge is 0.328 e. The van der Waals surface area contributed by atoms with Gasteiger partial charge in [0.25, 0.3) is 5.56 Å². The van der Waals surface area contributed by atoms with Crippen molar-refractivity contribution in [1.29, 1.82) is 0 Å². The Morgan fingerprint density at radius 2 is 1.63 bits per heavy atom. The Balaban J connectivity index is 0.00000160. The predicted molar refractivity (Wildman–Crippen MR) is 122 cm³/mol. The monoisotopic (exact) mass is 460 g/mol. The molecule has 0 amide bonds. The first-order valence-electron chi connectivity index (χ1n) is 10.2. The molecule has 0 aliphatic carbocycles. The van der Waals surface area contributed by atoms with Crippen molar-refractivity contribution in [2.24, 2.45) is 11.5 Å². The predicted octanol–water partition coefficient (Wildman–Crippen LogP) is 1.72. The van der Waals surface area contributed by atoms with Gasteiger partial charge in [-0.1, -0.05) is 0 Å².